The van der Waals surface area contributed by atoms with Crippen LogP contribution in [0, 0.1) is 51.0 Å². The molecule has 1 amide bonds. The normalized spacial score (nSPS) is 47.0. The first-order chi connectivity index (χ1) is 40.0. The number of amides is 1. The number of methoxy groups -OCH3 is 1. The fourth-order valence-corrected chi connectivity index (χ4v) is 15.5. The minimum absolute atomic E-state index is 0.00104. The SMILES string of the molecule is COC(=O)NC1C(C)OC(OC2C/C=C(\C)C3C=CC4C(OC5CC(OC6COC(C)C(OC7CC(O)C(O)C(C)O7)C6)C(OC(C)=O)C(C)O5)C(C)CC(C)C4C3(C)C(O)=C3C(=O)OC4(CC(C=O)=CC(O)C4/C=C/2C)C3=O)CC1(C)[N+](=O)[O-]. The van der Waals surface area contributed by atoms with E-state index in [0.29, 0.717) is 30.3 Å². The van der Waals surface area contributed by atoms with Gasteiger partial charge in [-0.15, -0.1) is 0 Å². The molecule has 0 aromatic carbocycles. The molecule has 24 heteroatoms. The van der Waals surface area contributed by atoms with E-state index >= 15 is 4.79 Å². The standard InChI is InChI=1S/C61H86N2O22/c1-27-13-16-43(82-48-24-59(10,63(73)74)54(34(8)79-48)62-58(72)75-12)28(2)18-40-41(66)19-36(25-64)23-61(40)56(70)49(57(71)85-61)55(69)60(11)39(27)15-14-38-50(60)29(3)17-30(4)52(38)84-47-22-45(53(33(7)78-47)80-35(9)65)81-37-20-44(31(5)76-26-37)83-46-21-42(67)51(68)32(6)77-46/h13-15,18-19,25,29-34,37-48,50-54,66-69H,16-17,20-24,26H2,1-12H3,(H,62,72)/b27-13+,28-18+,55-49?. The van der Waals surface area contributed by atoms with Crippen molar-refractivity contribution in [1.82, 2.24) is 5.32 Å². The lowest BCUT2D eigenvalue weighted by molar-refractivity contribution is -0.584. The van der Waals surface area contributed by atoms with Crippen LogP contribution in [-0.2, 0) is 71.3 Å². The zero-order valence-corrected chi connectivity index (χ0v) is 50.5. The fourth-order valence-electron chi connectivity index (χ4n) is 15.5. The topological polar surface area (TPSA) is 323 Å². The zero-order valence-electron chi connectivity index (χ0n) is 50.5. The number of nitrogens with zero attached hydrogens (tertiary/aromatic N) is 1. The number of ether oxygens (including phenoxy) is 11. The van der Waals surface area contributed by atoms with Crippen LogP contribution < -0.4 is 5.32 Å². The maximum absolute atomic E-state index is 15.5. The minimum Gasteiger partial charge on any atom is -0.511 e. The van der Waals surface area contributed by atoms with Gasteiger partial charge in [-0.1, -0.05) is 50.6 Å². The lowest BCUT2D eigenvalue weighted by atomic mass is 9.49. The molecular weight excluding hydrogens is 1110 g/mol. The molecular formula is C61H86N2O22. The first-order valence-electron chi connectivity index (χ1n) is 29.9. The van der Waals surface area contributed by atoms with Gasteiger partial charge in [0.15, 0.2) is 30.6 Å². The molecule has 26 atom stereocenters. The number of hydrogen-bond acceptors (Lipinski definition) is 22. The molecule has 5 N–H and O–H groups in total. The Balaban J connectivity index is 1.05. The molecule has 0 aromatic rings. The highest BCUT2D eigenvalue weighted by Gasteiger charge is 2.65. The van der Waals surface area contributed by atoms with Crippen LogP contribution in [0.4, 0.5) is 4.79 Å². The van der Waals surface area contributed by atoms with Gasteiger partial charge in [-0.25, -0.2) is 9.59 Å². The number of aliphatic hydroxyl groups is 4. The number of esters is 2. The van der Waals surface area contributed by atoms with Crippen molar-refractivity contribution in [2.24, 2.45) is 40.9 Å². The lowest BCUT2D eigenvalue weighted by Crippen LogP contribution is -2.65. The number of carbonyl (C=O) groups is 5. The second-order valence-corrected chi connectivity index (χ2v) is 25.7. The molecule has 1 spiro atoms. The number of fused-ring (bicyclic) bond motifs is 4. The maximum atomic E-state index is 15.5. The first-order valence-corrected chi connectivity index (χ1v) is 29.9. The van der Waals surface area contributed by atoms with Gasteiger partial charge >= 0.3 is 18.0 Å². The van der Waals surface area contributed by atoms with Gasteiger partial charge in [-0.05, 0) is 89.4 Å². The van der Waals surface area contributed by atoms with Crippen molar-refractivity contribution in [3.05, 3.63) is 68.5 Å². The van der Waals surface area contributed by atoms with Gasteiger partial charge < -0.3 is 77.8 Å². The highest BCUT2D eigenvalue weighted by Crippen LogP contribution is 2.61. The predicted octanol–water partition coefficient (Wildman–Crippen LogP) is 5.10. The summed E-state index contributed by atoms with van der Waals surface area (Å²) in [6, 6.07) is -1.12. The molecule has 24 nitrogen and oxygen atoms in total. The van der Waals surface area contributed by atoms with Crippen LogP contribution in [0.5, 0.6) is 0 Å². The Bertz CT molecular complexity index is 2720. The van der Waals surface area contributed by atoms with Crippen LogP contribution >= 0.6 is 0 Å². The highest BCUT2D eigenvalue weighted by molar-refractivity contribution is 6.26. The fraction of sp³-hybridized carbons (Fsp3) is 0.754. The van der Waals surface area contributed by atoms with E-state index in [1.54, 1.807) is 33.8 Å². The third-order valence-electron chi connectivity index (χ3n) is 19.9. The number of Topliss-reactive ketones (excluding diaryl/α,β-unsaturated/α-hetero) is 1. The Labute approximate surface area is 495 Å². The molecule has 26 unspecified atom stereocenters. The summed E-state index contributed by atoms with van der Waals surface area (Å²) >= 11 is 0. The van der Waals surface area contributed by atoms with E-state index in [4.69, 9.17) is 52.1 Å². The van der Waals surface area contributed by atoms with Crippen LogP contribution in [0.1, 0.15) is 121 Å². The molecule has 5 heterocycles. The lowest BCUT2D eigenvalue weighted by Gasteiger charge is -2.56. The molecule has 4 aliphatic carbocycles. The molecule has 0 aromatic heterocycles. The summed E-state index contributed by atoms with van der Waals surface area (Å²) in [4.78, 5) is 80.2. The van der Waals surface area contributed by atoms with Crippen LogP contribution in [0.3, 0.4) is 0 Å². The van der Waals surface area contributed by atoms with Crippen molar-refractivity contribution in [2.75, 3.05) is 13.7 Å². The zero-order chi connectivity index (χ0) is 61.9. The van der Waals surface area contributed by atoms with Crippen molar-refractivity contribution in [1.29, 1.82) is 0 Å². The number of allylic oxidation sites excluding steroid dienone is 3. The molecule has 472 valence electrons. The minimum atomic E-state index is -2.20. The van der Waals surface area contributed by atoms with Crippen molar-refractivity contribution in [3.8, 4) is 0 Å². The molecule has 1 saturated carbocycles. The highest BCUT2D eigenvalue weighted by atomic mass is 16.7. The number of alkyl carbamates (subject to hydrolysis) is 1. The summed E-state index contributed by atoms with van der Waals surface area (Å²) in [6.45, 7) is 19.3. The van der Waals surface area contributed by atoms with Crippen molar-refractivity contribution < 1.29 is 101 Å². The molecule has 2 bridgehead atoms. The largest absolute Gasteiger partial charge is 0.511 e. The third kappa shape index (κ3) is 12.3. The van der Waals surface area contributed by atoms with Crippen LogP contribution in [0.15, 0.2) is 58.4 Å². The number of aldehydes is 1. The summed E-state index contributed by atoms with van der Waals surface area (Å²) in [5.41, 5.74) is -4.89. The first kappa shape index (κ1) is 64.5. The molecule has 5 aliphatic heterocycles. The third-order valence-corrected chi connectivity index (χ3v) is 19.9. The number of hydrogen-bond donors (Lipinski definition) is 5. The quantitative estimate of drug-likeness (QED) is 0.0323. The van der Waals surface area contributed by atoms with Gasteiger partial charge in [-0.2, -0.15) is 0 Å². The average Bonchev–Trinajstić information content (AvgIpc) is 2.03. The number of aliphatic hydroxyl groups excluding tert-OH is 4. The van der Waals surface area contributed by atoms with Gasteiger partial charge in [0.25, 0.3) is 0 Å². The molecule has 6 fully saturated rings. The molecule has 5 saturated heterocycles. The van der Waals surface area contributed by atoms with Crippen molar-refractivity contribution in [2.45, 2.75) is 237 Å². The molecule has 9 rings (SSSR count). The second-order valence-electron chi connectivity index (χ2n) is 25.7. The Morgan fingerprint density at radius 1 is 0.824 bits per heavy atom. The van der Waals surface area contributed by atoms with Crippen LogP contribution in [0.25, 0.3) is 0 Å². The number of ketones is 1. The monoisotopic (exact) mass is 1200 g/mol. The predicted molar refractivity (Wildman–Crippen MR) is 297 cm³/mol. The van der Waals surface area contributed by atoms with E-state index in [-0.39, 0.29) is 55.8 Å². The second kappa shape index (κ2) is 25.2. The Kier molecular flexibility index (Phi) is 19.2. The maximum Gasteiger partial charge on any atom is 0.407 e. The van der Waals surface area contributed by atoms with E-state index in [0.717, 1.165) is 7.11 Å². The Morgan fingerprint density at radius 3 is 2.19 bits per heavy atom. The van der Waals surface area contributed by atoms with Gasteiger partial charge in [0.2, 0.25) is 11.3 Å². The number of nitro groups is 1. The van der Waals surface area contributed by atoms with Gasteiger partial charge in [-0.3, -0.25) is 24.5 Å². The van der Waals surface area contributed by atoms with Crippen LogP contribution in [-0.4, -0.2) is 185 Å². The Hall–Kier alpha value is -4.99. The van der Waals surface area contributed by atoms with E-state index in [1.165, 1.54) is 19.9 Å². The van der Waals surface area contributed by atoms with Crippen molar-refractivity contribution >= 4 is 30.1 Å². The summed E-state index contributed by atoms with van der Waals surface area (Å²) in [7, 11) is 1.15. The van der Waals surface area contributed by atoms with E-state index in [2.05, 4.69) is 25.2 Å². The number of rotatable bonds is 12. The van der Waals surface area contributed by atoms with Gasteiger partial charge in [0, 0.05) is 61.7 Å². The summed E-state index contributed by atoms with van der Waals surface area (Å²) in [5, 5.41) is 61.3. The summed E-state index contributed by atoms with van der Waals surface area (Å²) in [5.74, 6) is -6.43. The van der Waals surface area contributed by atoms with Crippen LogP contribution in [0.2, 0.25) is 0 Å². The smallest absolute Gasteiger partial charge is 0.407 e. The van der Waals surface area contributed by atoms with Gasteiger partial charge in [0.1, 0.15) is 35.9 Å². The van der Waals surface area contributed by atoms with E-state index in [9.17, 15) is 49.7 Å². The number of nitrogens with one attached hydrogen (secondary N) is 1. The van der Waals surface area contributed by atoms with Crippen molar-refractivity contribution in [3.63, 3.8) is 0 Å². The van der Waals surface area contributed by atoms with E-state index in [1.807, 2.05) is 32.9 Å². The Morgan fingerprint density at radius 2 is 1.52 bits per heavy atom. The van der Waals surface area contributed by atoms with Gasteiger partial charge in [0.05, 0.1) is 87.1 Å². The number of carbonyl (C=O) groups excluding carboxylic acids is 5. The molecule has 0 radical (unpaired) electrons. The summed E-state index contributed by atoms with van der Waals surface area (Å²) in [6.07, 6.45) is -4.62. The average molecular weight is 1200 g/mol. The van der Waals surface area contributed by atoms with E-state index < -0.39 is 185 Å². The summed E-state index contributed by atoms with van der Waals surface area (Å²) < 4.78 is 68.6. The molecule has 85 heavy (non-hydrogen) atoms. The molecule has 9 aliphatic rings.